The minimum Gasteiger partial charge on any atom is -0.495 e. The number of rotatable bonds is 7. The summed E-state index contributed by atoms with van der Waals surface area (Å²) in [5, 5.41) is 11.5. The summed E-state index contributed by atoms with van der Waals surface area (Å²) in [5.74, 6) is -0.555. The lowest BCUT2D eigenvalue weighted by atomic mass is 10.1. The summed E-state index contributed by atoms with van der Waals surface area (Å²) in [5.41, 5.74) is 6.36. The average molecular weight is 464 g/mol. The summed E-state index contributed by atoms with van der Waals surface area (Å²) < 4.78 is 5.20. The van der Waals surface area contributed by atoms with Gasteiger partial charge in [-0.2, -0.15) is 0 Å². The van der Waals surface area contributed by atoms with Crippen LogP contribution in [0, 0.1) is 0 Å². The number of nitrogens with two attached hydrogens (primary N) is 1. The second-order valence-electron chi connectivity index (χ2n) is 6.60. The molecule has 2 aromatic carbocycles. The zero-order valence-corrected chi connectivity index (χ0v) is 18.1. The van der Waals surface area contributed by atoms with E-state index in [1.165, 1.54) is 7.11 Å². The van der Waals surface area contributed by atoms with Crippen molar-refractivity contribution in [3.8, 4) is 5.75 Å². The minimum absolute atomic E-state index is 0.0600. The Morgan fingerprint density at radius 3 is 2.58 bits per heavy atom. The molecule has 0 bridgehead atoms. The second-order valence-corrected chi connectivity index (χ2v) is 8.13. The number of amides is 3. The zero-order valence-electron chi connectivity index (χ0n) is 16.6. The van der Waals surface area contributed by atoms with E-state index in [0.717, 1.165) is 11.8 Å². The van der Waals surface area contributed by atoms with Crippen molar-refractivity contribution >= 4 is 46.8 Å². The predicted molar refractivity (Wildman–Crippen MR) is 120 cm³/mol. The van der Waals surface area contributed by atoms with E-state index in [1.54, 1.807) is 48.5 Å². The van der Waals surface area contributed by atoms with Crippen LogP contribution in [0.3, 0.4) is 0 Å². The fraction of sp³-hybridized carbons (Fsp3) is 0.250. The number of anilines is 1. The Bertz CT molecular complexity index is 959. The number of ether oxygens (including phenoxy) is 1. The Morgan fingerprint density at radius 1 is 1.19 bits per heavy atom. The molecule has 9 nitrogen and oxygen atoms in total. The van der Waals surface area contributed by atoms with Crippen LogP contribution in [-0.4, -0.2) is 48.3 Å². The summed E-state index contributed by atoms with van der Waals surface area (Å²) in [6.45, 7) is 0. The molecule has 3 amide bonds. The van der Waals surface area contributed by atoms with Crippen molar-refractivity contribution in [2.24, 2.45) is 5.73 Å². The number of hydrogen-bond donors (Lipinski definition) is 5. The summed E-state index contributed by atoms with van der Waals surface area (Å²) in [7, 11) is 1.52. The Balaban J connectivity index is 1.50. The first-order chi connectivity index (χ1) is 14.9. The number of carbonyl (C=O) groups is 3. The number of carbonyl (C=O) groups excluding carboxylic acids is 3. The normalized spacial score (nSPS) is 20.5. The van der Waals surface area contributed by atoms with Gasteiger partial charge in [0, 0.05) is 10.6 Å². The molecule has 0 radical (unpaired) electrons. The lowest BCUT2D eigenvalue weighted by Crippen LogP contribution is -2.70. The molecular formula is C20H22ClN5O4S. The van der Waals surface area contributed by atoms with Gasteiger partial charge >= 0.3 is 0 Å². The highest BCUT2D eigenvalue weighted by atomic mass is 35.5. The number of para-hydroxylation sites is 2. The van der Waals surface area contributed by atoms with Gasteiger partial charge in [-0.15, -0.1) is 11.8 Å². The molecule has 0 aliphatic carbocycles. The number of hydrogen-bond acceptors (Lipinski definition) is 7. The van der Waals surface area contributed by atoms with Gasteiger partial charge in [0.05, 0.1) is 24.7 Å². The molecule has 0 spiro atoms. The van der Waals surface area contributed by atoms with E-state index >= 15 is 0 Å². The Morgan fingerprint density at radius 2 is 1.90 bits per heavy atom. The molecule has 164 valence electrons. The van der Waals surface area contributed by atoms with Crippen LogP contribution in [0.25, 0.3) is 0 Å². The molecular weight excluding hydrogens is 442 g/mol. The quantitative estimate of drug-likeness (QED) is 0.415. The highest BCUT2D eigenvalue weighted by molar-refractivity contribution is 8.00. The minimum atomic E-state index is -0.970. The number of methoxy groups -OCH3 is 1. The molecule has 31 heavy (non-hydrogen) atoms. The van der Waals surface area contributed by atoms with Crippen molar-refractivity contribution in [2.75, 3.05) is 18.2 Å². The van der Waals surface area contributed by atoms with Gasteiger partial charge in [0.25, 0.3) is 5.91 Å². The monoisotopic (exact) mass is 463 g/mol. The molecule has 0 aromatic heterocycles. The van der Waals surface area contributed by atoms with Crippen LogP contribution in [-0.2, 0) is 9.59 Å². The Labute approximate surface area is 188 Å². The Kier molecular flexibility index (Phi) is 7.75. The van der Waals surface area contributed by atoms with Gasteiger partial charge in [0.15, 0.2) is 0 Å². The SMILES string of the molecule is COc1ccccc1NC(=O)CSC1NC(=O)C(NC(=O)c2ccc(Cl)cc2)C(N)N1. The summed E-state index contributed by atoms with van der Waals surface area (Å²) in [6, 6.07) is 12.3. The lowest BCUT2D eigenvalue weighted by molar-refractivity contribution is -0.125. The predicted octanol–water partition coefficient (Wildman–Crippen LogP) is 1.11. The molecule has 3 rings (SSSR count). The van der Waals surface area contributed by atoms with Gasteiger partial charge in [0.1, 0.15) is 17.3 Å². The summed E-state index contributed by atoms with van der Waals surface area (Å²) >= 11 is 6.98. The lowest BCUT2D eigenvalue weighted by Gasteiger charge is -2.35. The van der Waals surface area contributed by atoms with Crippen LogP contribution >= 0.6 is 23.4 Å². The molecule has 1 fully saturated rings. The van der Waals surface area contributed by atoms with E-state index in [1.807, 2.05) is 0 Å². The maximum absolute atomic E-state index is 12.5. The van der Waals surface area contributed by atoms with Crippen molar-refractivity contribution in [2.45, 2.75) is 17.7 Å². The van der Waals surface area contributed by atoms with Crippen molar-refractivity contribution in [3.63, 3.8) is 0 Å². The first kappa shape index (κ1) is 22.9. The van der Waals surface area contributed by atoms with Gasteiger partial charge in [-0.05, 0) is 36.4 Å². The third-order valence-corrected chi connectivity index (χ3v) is 5.68. The smallest absolute Gasteiger partial charge is 0.252 e. The molecule has 0 saturated carbocycles. The van der Waals surface area contributed by atoms with Gasteiger partial charge in [-0.3, -0.25) is 19.7 Å². The molecule has 1 heterocycles. The van der Waals surface area contributed by atoms with E-state index in [9.17, 15) is 14.4 Å². The highest BCUT2D eigenvalue weighted by Crippen LogP contribution is 2.23. The van der Waals surface area contributed by atoms with Crippen molar-refractivity contribution in [1.29, 1.82) is 0 Å². The van der Waals surface area contributed by atoms with E-state index < -0.39 is 29.5 Å². The van der Waals surface area contributed by atoms with Crippen molar-refractivity contribution in [1.82, 2.24) is 16.0 Å². The highest BCUT2D eigenvalue weighted by Gasteiger charge is 2.35. The molecule has 3 atom stereocenters. The molecule has 2 aromatic rings. The summed E-state index contributed by atoms with van der Waals surface area (Å²) in [4.78, 5) is 37.1. The molecule has 11 heteroatoms. The van der Waals surface area contributed by atoms with Crippen molar-refractivity contribution < 1.29 is 19.1 Å². The van der Waals surface area contributed by atoms with E-state index in [0.29, 0.717) is 22.0 Å². The van der Waals surface area contributed by atoms with Gasteiger partial charge in [-0.1, -0.05) is 23.7 Å². The molecule has 1 aliphatic rings. The first-order valence-electron chi connectivity index (χ1n) is 9.30. The number of benzene rings is 2. The Hall–Kier alpha value is -2.79. The third kappa shape index (κ3) is 6.11. The molecule has 3 unspecified atom stereocenters. The van der Waals surface area contributed by atoms with E-state index in [-0.39, 0.29) is 11.7 Å². The fourth-order valence-electron chi connectivity index (χ4n) is 2.86. The standard InChI is InChI=1S/C20H22ClN5O4S/c1-30-14-5-3-2-4-13(14)23-15(27)10-31-20-25-17(22)16(19(29)26-20)24-18(28)11-6-8-12(21)9-7-11/h2-9,16-17,20,25H,10,22H2,1H3,(H,23,27)(H,24,28)(H,26,29). The van der Waals surface area contributed by atoms with Crippen LogP contribution in [0.2, 0.25) is 5.02 Å². The van der Waals surface area contributed by atoms with Crippen LogP contribution < -0.4 is 31.7 Å². The maximum Gasteiger partial charge on any atom is 0.252 e. The number of halogens is 1. The van der Waals surface area contributed by atoms with Gasteiger partial charge < -0.3 is 26.4 Å². The molecule has 1 aliphatic heterocycles. The van der Waals surface area contributed by atoms with Gasteiger partial charge in [-0.25, -0.2) is 0 Å². The fourth-order valence-corrected chi connectivity index (χ4v) is 3.83. The van der Waals surface area contributed by atoms with Crippen LogP contribution in [0.15, 0.2) is 48.5 Å². The number of thioether (sulfide) groups is 1. The molecule has 6 N–H and O–H groups in total. The van der Waals surface area contributed by atoms with Crippen LogP contribution in [0.1, 0.15) is 10.4 Å². The number of nitrogens with one attached hydrogen (secondary N) is 4. The topological polar surface area (TPSA) is 135 Å². The molecule has 1 saturated heterocycles. The van der Waals surface area contributed by atoms with Crippen molar-refractivity contribution in [3.05, 3.63) is 59.1 Å². The maximum atomic E-state index is 12.5. The third-order valence-electron chi connectivity index (χ3n) is 4.41. The second kappa shape index (κ2) is 10.5. The van der Waals surface area contributed by atoms with Gasteiger partial charge in [0.2, 0.25) is 11.8 Å². The summed E-state index contributed by atoms with van der Waals surface area (Å²) in [6.07, 6.45) is -0.834. The zero-order chi connectivity index (χ0) is 22.4. The van der Waals surface area contributed by atoms with E-state index in [4.69, 9.17) is 22.1 Å². The van der Waals surface area contributed by atoms with Crippen LogP contribution in [0.4, 0.5) is 5.69 Å². The largest absolute Gasteiger partial charge is 0.495 e. The average Bonchev–Trinajstić information content (AvgIpc) is 2.75. The van der Waals surface area contributed by atoms with E-state index in [2.05, 4.69) is 21.3 Å². The first-order valence-corrected chi connectivity index (χ1v) is 10.7. The van der Waals surface area contributed by atoms with Crippen LogP contribution in [0.5, 0.6) is 5.75 Å².